The summed E-state index contributed by atoms with van der Waals surface area (Å²) in [5.74, 6) is 1.61. The van der Waals surface area contributed by atoms with E-state index in [1.807, 2.05) is 38.1 Å². The van der Waals surface area contributed by atoms with Gasteiger partial charge >= 0.3 is 0 Å². The van der Waals surface area contributed by atoms with Gasteiger partial charge in [-0.15, -0.1) is 0 Å². The van der Waals surface area contributed by atoms with Gasteiger partial charge in [-0.1, -0.05) is 36.6 Å². The Morgan fingerprint density at radius 3 is 2.71 bits per heavy atom. The van der Waals surface area contributed by atoms with Gasteiger partial charge < -0.3 is 14.1 Å². The fourth-order valence-corrected chi connectivity index (χ4v) is 4.86. The molecule has 168 valence electrons. The topological polar surface area (TPSA) is 58.8 Å². The second-order valence-corrected chi connectivity index (χ2v) is 9.17. The normalized spacial score (nSPS) is 22.4. The van der Waals surface area contributed by atoms with Crippen molar-refractivity contribution in [3.63, 3.8) is 0 Å². The summed E-state index contributed by atoms with van der Waals surface area (Å²) in [6.07, 6.45) is 4.61. The Hall–Kier alpha value is -1.89. The van der Waals surface area contributed by atoms with Crippen molar-refractivity contribution in [2.75, 3.05) is 19.7 Å². The Bertz CT molecular complexity index is 876. The first-order chi connectivity index (χ1) is 14.9. The van der Waals surface area contributed by atoms with E-state index >= 15 is 0 Å². The highest BCUT2D eigenvalue weighted by Crippen LogP contribution is 2.30. The Balaban J connectivity index is 1.54. The lowest BCUT2D eigenvalue weighted by molar-refractivity contribution is -0.151. The highest BCUT2D eigenvalue weighted by molar-refractivity contribution is 6.30. The molecule has 2 aromatic rings. The number of aryl methyl sites for hydroxylation is 2. The molecule has 2 heterocycles. The van der Waals surface area contributed by atoms with Crippen LogP contribution in [0.25, 0.3) is 0 Å². The van der Waals surface area contributed by atoms with Gasteiger partial charge in [0, 0.05) is 17.6 Å². The quantitative estimate of drug-likeness (QED) is 0.646. The van der Waals surface area contributed by atoms with E-state index in [2.05, 4.69) is 21.7 Å². The van der Waals surface area contributed by atoms with Gasteiger partial charge in [-0.25, -0.2) is 4.98 Å². The average molecular weight is 446 g/mol. The molecule has 3 atom stereocenters. The van der Waals surface area contributed by atoms with E-state index in [0.29, 0.717) is 37.2 Å². The number of nitrogens with zero attached hydrogens (tertiary/aromatic N) is 3. The molecule has 1 aliphatic heterocycles. The number of carbonyl (C=O) groups excluding carboxylic acids is 1. The van der Waals surface area contributed by atoms with Crippen LogP contribution in [0.1, 0.15) is 61.6 Å². The molecule has 0 radical (unpaired) electrons. The summed E-state index contributed by atoms with van der Waals surface area (Å²) in [6, 6.07) is 8.03. The number of hydrogen-bond donors (Lipinski definition) is 0. The van der Waals surface area contributed by atoms with E-state index < -0.39 is 0 Å². The van der Waals surface area contributed by atoms with Gasteiger partial charge in [0.05, 0.1) is 37.5 Å². The molecule has 7 heteroatoms. The zero-order chi connectivity index (χ0) is 22.0. The molecule has 2 fully saturated rings. The molecule has 1 aromatic carbocycles. The predicted molar refractivity (Wildman–Crippen MR) is 120 cm³/mol. The lowest BCUT2D eigenvalue weighted by Gasteiger charge is -2.44. The number of aromatic nitrogens is 1. The predicted octanol–water partition coefficient (Wildman–Crippen LogP) is 4.68. The number of oxazole rings is 1. The zero-order valence-corrected chi connectivity index (χ0v) is 19.4. The fraction of sp³-hybridized carbons (Fsp3) is 0.583. The van der Waals surface area contributed by atoms with Crippen molar-refractivity contribution in [2.24, 2.45) is 0 Å². The third kappa shape index (κ3) is 5.13. The zero-order valence-electron chi connectivity index (χ0n) is 18.6. The number of rotatable bonds is 6. The minimum absolute atomic E-state index is 0.0110. The van der Waals surface area contributed by atoms with E-state index in [4.69, 9.17) is 20.8 Å². The molecule has 1 saturated carbocycles. The second-order valence-electron chi connectivity index (χ2n) is 8.73. The average Bonchev–Trinajstić information content (AvgIpc) is 3.09. The highest BCUT2D eigenvalue weighted by Gasteiger charge is 2.37. The lowest BCUT2D eigenvalue weighted by Crippen LogP contribution is -2.56. The number of halogens is 1. The van der Waals surface area contributed by atoms with Crippen molar-refractivity contribution in [1.29, 1.82) is 0 Å². The molecule has 1 saturated heterocycles. The SMILES string of the molecule is Cc1nc(CN(CC(=O)N2CCO[C@@H]3CCCC[C@@H]32)[C@@H](C)c2ccc(Cl)cc2)oc1C. The van der Waals surface area contributed by atoms with Crippen molar-refractivity contribution in [2.45, 2.75) is 71.2 Å². The largest absolute Gasteiger partial charge is 0.444 e. The number of benzene rings is 1. The van der Waals surface area contributed by atoms with Gasteiger partial charge in [-0.05, 0) is 51.3 Å². The number of fused-ring (bicyclic) bond motifs is 1. The first-order valence-electron chi connectivity index (χ1n) is 11.3. The van der Waals surface area contributed by atoms with Crippen LogP contribution in [0.5, 0.6) is 0 Å². The van der Waals surface area contributed by atoms with Crippen LogP contribution in [0, 0.1) is 13.8 Å². The molecule has 0 N–H and O–H groups in total. The third-order valence-electron chi connectivity index (χ3n) is 6.70. The molecule has 1 amide bonds. The lowest BCUT2D eigenvalue weighted by atomic mass is 9.90. The van der Waals surface area contributed by atoms with Crippen LogP contribution in [0.15, 0.2) is 28.7 Å². The van der Waals surface area contributed by atoms with E-state index in [-0.39, 0.29) is 24.1 Å². The van der Waals surface area contributed by atoms with Crippen LogP contribution < -0.4 is 0 Å². The van der Waals surface area contributed by atoms with Crippen molar-refractivity contribution in [1.82, 2.24) is 14.8 Å². The van der Waals surface area contributed by atoms with Crippen molar-refractivity contribution >= 4 is 17.5 Å². The minimum atomic E-state index is 0.0110. The second kappa shape index (κ2) is 9.72. The molecule has 4 rings (SSSR count). The van der Waals surface area contributed by atoms with Crippen LogP contribution in [0.3, 0.4) is 0 Å². The summed E-state index contributed by atoms with van der Waals surface area (Å²) < 4.78 is 11.8. The summed E-state index contributed by atoms with van der Waals surface area (Å²) in [6.45, 7) is 8.05. The molecule has 1 aliphatic carbocycles. The van der Waals surface area contributed by atoms with Crippen LogP contribution in [0.4, 0.5) is 0 Å². The van der Waals surface area contributed by atoms with E-state index in [9.17, 15) is 4.79 Å². The number of morpholine rings is 1. The molecule has 0 unspecified atom stereocenters. The summed E-state index contributed by atoms with van der Waals surface area (Å²) in [5, 5.41) is 0.703. The number of ether oxygens (including phenoxy) is 1. The first-order valence-corrected chi connectivity index (χ1v) is 11.6. The van der Waals surface area contributed by atoms with Gasteiger partial charge in [0.15, 0.2) is 0 Å². The van der Waals surface area contributed by atoms with Crippen LogP contribution in [-0.2, 0) is 16.1 Å². The van der Waals surface area contributed by atoms with Crippen LogP contribution in [0.2, 0.25) is 5.02 Å². The molecular formula is C24H32ClN3O3. The van der Waals surface area contributed by atoms with E-state index in [0.717, 1.165) is 36.3 Å². The Kier molecular flexibility index (Phi) is 6.99. The van der Waals surface area contributed by atoms with Crippen molar-refractivity contribution in [3.8, 4) is 0 Å². The Morgan fingerprint density at radius 2 is 2.00 bits per heavy atom. The fourth-order valence-electron chi connectivity index (χ4n) is 4.73. The maximum Gasteiger partial charge on any atom is 0.237 e. The summed E-state index contributed by atoms with van der Waals surface area (Å²) in [4.78, 5) is 22.2. The van der Waals surface area contributed by atoms with Gasteiger partial charge in [0.25, 0.3) is 0 Å². The Labute approximate surface area is 189 Å². The minimum Gasteiger partial charge on any atom is -0.444 e. The molecule has 1 aromatic heterocycles. The van der Waals surface area contributed by atoms with Crippen molar-refractivity contribution in [3.05, 3.63) is 52.2 Å². The third-order valence-corrected chi connectivity index (χ3v) is 6.95. The van der Waals surface area contributed by atoms with Crippen LogP contribution >= 0.6 is 11.6 Å². The van der Waals surface area contributed by atoms with Gasteiger partial charge in [-0.3, -0.25) is 9.69 Å². The smallest absolute Gasteiger partial charge is 0.237 e. The van der Waals surface area contributed by atoms with Gasteiger partial charge in [0.1, 0.15) is 5.76 Å². The number of hydrogen-bond acceptors (Lipinski definition) is 5. The maximum atomic E-state index is 13.5. The molecule has 2 aliphatic rings. The maximum absolute atomic E-state index is 13.5. The molecule has 31 heavy (non-hydrogen) atoms. The summed E-state index contributed by atoms with van der Waals surface area (Å²) >= 11 is 6.09. The van der Waals surface area contributed by atoms with Gasteiger partial charge in [0.2, 0.25) is 11.8 Å². The summed E-state index contributed by atoms with van der Waals surface area (Å²) in [5.41, 5.74) is 1.99. The van der Waals surface area contributed by atoms with E-state index in [1.165, 1.54) is 6.42 Å². The molecule has 0 bridgehead atoms. The van der Waals surface area contributed by atoms with E-state index in [1.54, 1.807) is 0 Å². The van der Waals surface area contributed by atoms with Crippen molar-refractivity contribution < 1.29 is 13.9 Å². The van der Waals surface area contributed by atoms with Gasteiger partial charge in [-0.2, -0.15) is 0 Å². The number of carbonyl (C=O) groups is 1. The highest BCUT2D eigenvalue weighted by atomic mass is 35.5. The molecule has 6 nitrogen and oxygen atoms in total. The molecule has 0 spiro atoms. The summed E-state index contributed by atoms with van der Waals surface area (Å²) in [7, 11) is 0. The Morgan fingerprint density at radius 1 is 1.26 bits per heavy atom. The van der Waals surface area contributed by atoms with Crippen LogP contribution in [-0.4, -0.2) is 52.5 Å². The monoisotopic (exact) mass is 445 g/mol. The first kappa shape index (κ1) is 22.3. The molecular weight excluding hydrogens is 414 g/mol. The number of amides is 1. The standard InChI is InChI=1S/C24H32ClN3O3/c1-16-18(3)31-23(26-16)14-27(17(2)19-8-10-20(25)11-9-19)15-24(29)28-12-13-30-22-7-5-4-6-21(22)28/h8-11,17,21-22H,4-7,12-15H2,1-3H3/t17-,21-,22+/m0/s1.